The maximum absolute atomic E-state index is 10.9. The predicted molar refractivity (Wildman–Crippen MR) is 66.4 cm³/mol. The molecule has 1 aromatic carbocycles. The van der Waals surface area contributed by atoms with E-state index in [0.29, 0.717) is 23.7 Å². The molecule has 1 heterocycles. The predicted octanol–water partition coefficient (Wildman–Crippen LogP) is 2.38. The monoisotopic (exact) mass is 258 g/mol. The molecule has 0 aliphatic heterocycles. The Kier molecular flexibility index (Phi) is 3.43. The van der Waals surface area contributed by atoms with Crippen LogP contribution in [0.25, 0.3) is 0 Å². The van der Waals surface area contributed by atoms with Crippen LogP contribution in [0.5, 0.6) is 0 Å². The standard InChI is InChI=1S/C12H10N4O3/c1-8-4-10(15-19-8)7-14-11-3-2-9(6-13)5-12(11)16(17)18/h2-5,14H,7H2,1H3. The molecule has 0 aliphatic carbocycles. The number of hydrogen-bond acceptors (Lipinski definition) is 6. The van der Waals surface area contributed by atoms with Crippen LogP contribution >= 0.6 is 0 Å². The lowest BCUT2D eigenvalue weighted by Crippen LogP contribution is -2.03. The molecule has 0 saturated heterocycles. The third-order valence-corrected chi connectivity index (χ3v) is 2.46. The second-order valence-corrected chi connectivity index (χ2v) is 3.88. The summed E-state index contributed by atoms with van der Waals surface area (Å²) in [6, 6.07) is 7.86. The van der Waals surface area contributed by atoms with E-state index in [0.717, 1.165) is 0 Å². The number of benzene rings is 1. The quantitative estimate of drug-likeness (QED) is 0.666. The molecule has 2 aromatic rings. The molecule has 0 aliphatic rings. The van der Waals surface area contributed by atoms with Crippen LogP contribution in [0.15, 0.2) is 28.8 Å². The maximum Gasteiger partial charge on any atom is 0.293 e. The minimum Gasteiger partial charge on any atom is -0.374 e. The molecule has 0 radical (unpaired) electrons. The molecule has 0 saturated carbocycles. The van der Waals surface area contributed by atoms with Crippen molar-refractivity contribution in [3.8, 4) is 6.07 Å². The van der Waals surface area contributed by atoms with Gasteiger partial charge >= 0.3 is 0 Å². The third-order valence-electron chi connectivity index (χ3n) is 2.46. The van der Waals surface area contributed by atoms with E-state index in [-0.39, 0.29) is 11.3 Å². The van der Waals surface area contributed by atoms with Gasteiger partial charge in [0.15, 0.2) is 0 Å². The number of nitrogens with one attached hydrogen (secondary N) is 1. The Morgan fingerprint density at radius 1 is 1.53 bits per heavy atom. The third kappa shape index (κ3) is 2.87. The first-order chi connectivity index (χ1) is 9.10. The minimum absolute atomic E-state index is 0.140. The molecule has 0 atom stereocenters. The van der Waals surface area contributed by atoms with Gasteiger partial charge in [0, 0.05) is 12.1 Å². The van der Waals surface area contributed by atoms with Crippen LogP contribution in [0.2, 0.25) is 0 Å². The molecule has 0 unspecified atom stereocenters. The summed E-state index contributed by atoms with van der Waals surface area (Å²) in [5.74, 6) is 0.672. The Hall–Kier alpha value is -2.88. The molecule has 1 aromatic heterocycles. The fourth-order valence-electron chi connectivity index (χ4n) is 1.59. The fourth-order valence-corrected chi connectivity index (χ4v) is 1.59. The first-order valence-corrected chi connectivity index (χ1v) is 5.45. The molecule has 0 fully saturated rings. The molecular formula is C12H10N4O3. The van der Waals surface area contributed by atoms with Crippen LogP contribution in [0.4, 0.5) is 11.4 Å². The summed E-state index contributed by atoms with van der Waals surface area (Å²) < 4.78 is 4.90. The van der Waals surface area contributed by atoms with Crippen molar-refractivity contribution in [3.63, 3.8) is 0 Å². The van der Waals surface area contributed by atoms with Crippen LogP contribution in [0, 0.1) is 28.4 Å². The van der Waals surface area contributed by atoms with Gasteiger partial charge in [-0.15, -0.1) is 0 Å². The number of anilines is 1. The van der Waals surface area contributed by atoms with Gasteiger partial charge in [-0.1, -0.05) is 5.16 Å². The van der Waals surface area contributed by atoms with Crippen LogP contribution in [0.1, 0.15) is 17.0 Å². The van der Waals surface area contributed by atoms with Crippen molar-refractivity contribution < 1.29 is 9.45 Å². The van der Waals surface area contributed by atoms with Crippen molar-refractivity contribution in [1.82, 2.24) is 5.16 Å². The van der Waals surface area contributed by atoms with Gasteiger partial charge < -0.3 is 9.84 Å². The Bertz CT molecular complexity index is 657. The molecule has 2 rings (SSSR count). The second kappa shape index (κ2) is 5.18. The van der Waals surface area contributed by atoms with Gasteiger partial charge in [0.2, 0.25) is 0 Å². The molecule has 1 N–H and O–H groups in total. The zero-order chi connectivity index (χ0) is 13.8. The number of rotatable bonds is 4. The Morgan fingerprint density at radius 3 is 2.89 bits per heavy atom. The number of nitro groups is 1. The van der Waals surface area contributed by atoms with Gasteiger partial charge in [-0.2, -0.15) is 5.26 Å². The summed E-state index contributed by atoms with van der Waals surface area (Å²) in [5.41, 5.74) is 1.09. The Labute approximate surface area is 108 Å². The molecule has 7 nitrogen and oxygen atoms in total. The molecule has 0 bridgehead atoms. The summed E-state index contributed by atoms with van der Waals surface area (Å²) >= 11 is 0. The van der Waals surface area contributed by atoms with Crippen molar-refractivity contribution in [1.29, 1.82) is 5.26 Å². The van der Waals surface area contributed by atoms with E-state index in [2.05, 4.69) is 10.5 Å². The van der Waals surface area contributed by atoms with Crippen LogP contribution in [0.3, 0.4) is 0 Å². The zero-order valence-corrected chi connectivity index (χ0v) is 10.1. The van der Waals surface area contributed by atoms with E-state index in [9.17, 15) is 10.1 Å². The average molecular weight is 258 g/mol. The van der Waals surface area contributed by atoms with Gasteiger partial charge in [0.1, 0.15) is 17.1 Å². The lowest BCUT2D eigenvalue weighted by Gasteiger charge is -2.05. The molecule has 0 spiro atoms. The normalized spacial score (nSPS) is 9.89. The molecule has 19 heavy (non-hydrogen) atoms. The molecule has 0 amide bonds. The fraction of sp³-hybridized carbons (Fsp3) is 0.167. The van der Waals surface area contributed by atoms with Gasteiger partial charge in [0.05, 0.1) is 23.1 Å². The highest BCUT2D eigenvalue weighted by Crippen LogP contribution is 2.25. The molecular weight excluding hydrogens is 248 g/mol. The van der Waals surface area contributed by atoms with Crippen molar-refractivity contribution in [2.24, 2.45) is 0 Å². The Morgan fingerprint density at radius 2 is 2.32 bits per heavy atom. The highest BCUT2D eigenvalue weighted by molar-refractivity contribution is 5.64. The summed E-state index contributed by atoms with van der Waals surface area (Å²) in [5, 5.41) is 26.3. The highest BCUT2D eigenvalue weighted by atomic mass is 16.6. The number of nitriles is 1. The Balaban J connectivity index is 2.20. The lowest BCUT2D eigenvalue weighted by molar-refractivity contribution is -0.384. The van der Waals surface area contributed by atoms with E-state index in [1.807, 2.05) is 6.07 Å². The summed E-state index contributed by atoms with van der Waals surface area (Å²) in [7, 11) is 0. The first kappa shape index (κ1) is 12.6. The van der Waals surface area contributed by atoms with Gasteiger partial charge in [0.25, 0.3) is 5.69 Å². The maximum atomic E-state index is 10.9. The highest BCUT2D eigenvalue weighted by Gasteiger charge is 2.14. The topological polar surface area (TPSA) is 105 Å². The van der Waals surface area contributed by atoms with Crippen LogP contribution in [-0.2, 0) is 6.54 Å². The van der Waals surface area contributed by atoms with Crippen molar-refractivity contribution in [2.75, 3.05) is 5.32 Å². The molecule has 7 heteroatoms. The number of nitro benzene ring substituents is 1. The van der Waals surface area contributed by atoms with E-state index in [4.69, 9.17) is 9.78 Å². The summed E-state index contributed by atoms with van der Waals surface area (Å²) in [4.78, 5) is 10.4. The smallest absolute Gasteiger partial charge is 0.293 e. The summed E-state index contributed by atoms with van der Waals surface area (Å²) in [6.07, 6.45) is 0. The lowest BCUT2D eigenvalue weighted by atomic mass is 10.2. The molecule has 96 valence electrons. The number of hydrogen-bond donors (Lipinski definition) is 1. The number of aromatic nitrogens is 1. The van der Waals surface area contributed by atoms with E-state index in [1.54, 1.807) is 13.0 Å². The van der Waals surface area contributed by atoms with E-state index >= 15 is 0 Å². The van der Waals surface area contributed by atoms with Crippen LogP contribution in [-0.4, -0.2) is 10.1 Å². The van der Waals surface area contributed by atoms with Gasteiger partial charge in [-0.25, -0.2) is 0 Å². The number of aryl methyl sites for hydroxylation is 1. The second-order valence-electron chi connectivity index (χ2n) is 3.88. The van der Waals surface area contributed by atoms with E-state index in [1.165, 1.54) is 18.2 Å². The first-order valence-electron chi connectivity index (χ1n) is 5.45. The average Bonchev–Trinajstić information content (AvgIpc) is 2.82. The van der Waals surface area contributed by atoms with Crippen LogP contribution < -0.4 is 5.32 Å². The van der Waals surface area contributed by atoms with E-state index < -0.39 is 4.92 Å². The largest absolute Gasteiger partial charge is 0.374 e. The van der Waals surface area contributed by atoms with Gasteiger partial charge in [-0.3, -0.25) is 10.1 Å². The number of nitrogens with zero attached hydrogens (tertiary/aromatic N) is 3. The van der Waals surface area contributed by atoms with Crippen molar-refractivity contribution in [2.45, 2.75) is 13.5 Å². The summed E-state index contributed by atoms with van der Waals surface area (Å²) in [6.45, 7) is 2.07. The van der Waals surface area contributed by atoms with Crippen molar-refractivity contribution in [3.05, 3.63) is 51.4 Å². The van der Waals surface area contributed by atoms with Gasteiger partial charge in [-0.05, 0) is 19.1 Å². The zero-order valence-electron chi connectivity index (χ0n) is 10.1. The SMILES string of the molecule is Cc1cc(CNc2ccc(C#N)cc2[N+](=O)[O-])no1. The van der Waals surface area contributed by atoms with Crippen molar-refractivity contribution >= 4 is 11.4 Å². The minimum atomic E-state index is -0.531.